The van der Waals surface area contributed by atoms with Gasteiger partial charge in [-0.2, -0.15) is 0 Å². The van der Waals surface area contributed by atoms with Crippen molar-refractivity contribution in [2.75, 3.05) is 19.0 Å². The molecule has 1 aromatic carbocycles. The molecule has 0 aromatic heterocycles. The van der Waals surface area contributed by atoms with Crippen LogP contribution in [0.3, 0.4) is 0 Å². The van der Waals surface area contributed by atoms with Gasteiger partial charge >= 0.3 is 0 Å². The second kappa shape index (κ2) is 4.67. The molecule has 0 aliphatic heterocycles. The Morgan fingerprint density at radius 1 is 1.33 bits per heavy atom. The smallest absolute Gasteiger partial charge is 0.0869 e. The van der Waals surface area contributed by atoms with Crippen LogP contribution in [-0.4, -0.2) is 19.2 Å². The first kappa shape index (κ1) is 12.1. The zero-order valence-electron chi connectivity index (χ0n) is 10.1. The topological polar surface area (TPSA) is 23.5 Å². The van der Waals surface area contributed by atoms with Crippen molar-refractivity contribution in [3.8, 4) is 0 Å². The van der Waals surface area contributed by atoms with E-state index in [0.29, 0.717) is 0 Å². The van der Waals surface area contributed by atoms with E-state index in [1.54, 1.807) is 0 Å². The number of anilines is 1. The highest BCUT2D eigenvalue weighted by atomic mass is 16.3. The molecule has 0 fully saturated rings. The van der Waals surface area contributed by atoms with Crippen LogP contribution in [0.2, 0.25) is 0 Å². The molecule has 2 nitrogen and oxygen atoms in total. The Morgan fingerprint density at radius 2 is 2.00 bits per heavy atom. The molecular weight excluding hydrogens is 186 g/mol. The Labute approximate surface area is 92.5 Å². The van der Waals surface area contributed by atoms with Gasteiger partial charge in [0.25, 0.3) is 0 Å². The number of nitrogens with zero attached hydrogens (tertiary/aromatic N) is 1. The Balaban J connectivity index is 2.99. The minimum absolute atomic E-state index is 0.708. The van der Waals surface area contributed by atoms with Gasteiger partial charge in [0.05, 0.1) is 5.60 Å². The Bertz CT molecular complexity index is 318. The fourth-order valence-corrected chi connectivity index (χ4v) is 1.75. The molecule has 0 aliphatic carbocycles. The standard InChI is InChI=1S/C13H21NO/c1-5-9-13(2,15)11-7-6-8-12(10-11)14(3)4/h6-8,10,15H,5,9H2,1-4H3/t13-/m0/s1. The maximum Gasteiger partial charge on any atom is 0.0869 e. The van der Waals surface area contributed by atoms with Crippen molar-refractivity contribution in [2.45, 2.75) is 32.3 Å². The molecule has 0 saturated carbocycles. The zero-order chi connectivity index (χ0) is 11.5. The van der Waals surface area contributed by atoms with Gasteiger partial charge in [0.1, 0.15) is 0 Å². The van der Waals surface area contributed by atoms with Gasteiger partial charge in [-0.25, -0.2) is 0 Å². The average molecular weight is 207 g/mol. The molecule has 1 aromatic rings. The summed E-state index contributed by atoms with van der Waals surface area (Å²) in [4.78, 5) is 2.05. The van der Waals surface area contributed by atoms with E-state index in [4.69, 9.17) is 0 Å². The third-order valence-electron chi connectivity index (χ3n) is 2.72. The number of hydrogen-bond donors (Lipinski definition) is 1. The third-order valence-corrected chi connectivity index (χ3v) is 2.72. The molecule has 0 spiro atoms. The van der Waals surface area contributed by atoms with Crippen molar-refractivity contribution in [3.63, 3.8) is 0 Å². The Kier molecular flexibility index (Phi) is 3.75. The lowest BCUT2D eigenvalue weighted by Gasteiger charge is -2.25. The molecule has 1 rings (SSSR count). The van der Waals surface area contributed by atoms with Crippen LogP contribution in [0.5, 0.6) is 0 Å². The molecule has 0 heterocycles. The van der Waals surface area contributed by atoms with Crippen LogP contribution in [0.15, 0.2) is 24.3 Å². The average Bonchev–Trinajstić information content (AvgIpc) is 2.18. The lowest BCUT2D eigenvalue weighted by Crippen LogP contribution is -2.21. The number of rotatable bonds is 4. The highest BCUT2D eigenvalue weighted by Gasteiger charge is 2.21. The fourth-order valence-electron chi connectivity index (χ4n) is 1.75. The lowest BCUT2D eigenvalue weighted by atomic mass is 9.91. The molecule has 15 heavy (non-hydrogen) atoms. The summed E-state index contributed by atoms with van der Waals surface area (Å²) in [6.45, 7) is 3.97. The number of hydrogen-bond acceptors (Lipinski definition) is 2. The van der Waals surface area contributed by atoms with Crippen LogP contribution in [0.25, 0.3) is 0 Å². The summed E-state index contributed by atoms with van der Waals surface area (Å²) < 4.78 is 0. The zero-order valence-corrected chi connectivity index (χ0v) is 10.1. The Morgan fingerprint density at radius 3 is 2.53 bits per heavy atom. The summed E-state index contributed by atoms with van der Waals surface area (Å²) in [5, 5.41) is 10.3. The minimum atomic E-state index is -0.708. The van der Waals surface area contributed by atoms with E-state index in [0.717, 1.165) is 24.1 Å². The first-order chi connectivity index (χ1) is 6.97. The Hall–Kier alpha value is -1.02. The third kappa shape index (κ3) is 2.96. The molecule has 1 atom stereocenters. The molecular formula is C13H21NO. The predicted octanol–water partition coefficient (Wildman–Crippen LogP) is 2.76. The second-order valence-electron chi connectivity index (χ2n) is 4.47. The maximum absolute atomic E-state index is 10.3. The van der Waals surface area contributed by atoms with Crippen LogP contribution in [0.4, 0.5) is 5.69 Å². The van der Waals surface area contributed by atoms with E-state index in [-0.39, 0.29) is 0 Å². The van der Waals surface area contributed by atoms with E-state index in [9.17, 15) is 5.11 Å². The molecule has 84 valence electrons. The van der Waals surface area contributed by atoms with E-state index in [1.165, 1.54) is 0 Å². The van der Waals surface area contributed by atoms with Crippen molar-refractivity contribution in [3.05, 3.63) is 29.8 Å². The summed E-state index contributed by atoms with van der Waals surface area (Å²) in [5.41, 5.74) is 1.42. The molecule has 0 bridgehead atoms. The van der Waals surface area contributed by atoms with Gasteiger partial charge in [0.2, 0.25) is 0 Å². The van der Waals surface area contributed by atoms with Gasteiger partial charge < -0.3 is 10.0 Å². The van der Waals surface area contributed by atoms with Crippen LogP contribution in [0, 0.1) is 0 Å². The van der Waals surface area contributed by atoms with Gasteiger partial charge in [-0.05, 0) is 31.0 Å². The molecule has 0 unspecified atom stereocenters. The normalized spacial score (nSPS) is 14.7. The molecule has 0 radical (unpaired) electrons. The largest absolute Gasteiger partial charge is 0.385 e. The van der Waals surface area contributed by atoms with Crippen LogP contribution < -0.4 is 4.90 Å². The van der Waals surface area contributed by atoms with E-state index >= 15 is 0 Å². The fraction of sp³-hybridized carbons (Fsp3) is 0.538. The monoisotopic (exact) mass is 207 g/mol. The number of aliphatic hydroxyl groups is 1. The van der Waals surface area contributed by atoms with Crippen LogP contribution in [0.1, 0.15) is 32.3 Å². The molecule has 0 aliphatic rings. The van der Waals surface area contributed by atoms with Crippen molar-refractivity contribution in [1.82, 2.24) is 0 Å². The van der Waals surface area contributed by atoms with Gasteiger partial charge in [-0.1, -0.05) is 25.5 Å². The first-order valence-corrected chi connectivity index (χ1v) is 5.47. The maximum atomic E-state index is 10.3. The van der Waals surface area contributed by atoms with Gasteiger partial charge in [-0.15, -0.1) is 0 Å². The highest BCUT2D eigenvalue weighted by Crippen LogP contribution is 2.28. The van der Waals surface area contributed by atoms with Gasteiger partial charge in [0, 0.05) is 19.8 Å². The lowest BCUT2D eigenvalue weighted by molar-refractivity contribution is 0.0470. The van der Waals surface area contributed by atoms with E-state index in [1.807, 2.05) is 44.1 Å². The van der Waals surface area contributed by atoms with Gasteiger partial charge in [-0.3, -0.25) is 0 Å². The SMILES string of the molecule is CCC[C@](C)(O)c1cccc(N(C)C)c1. The number of benzene rings is 1. The summed E-state index contributed by atoms with van der Waals surface area (Å²) in [6.07, 6.45) is 1.78. The van der Waals surface area contributed by atoms with Gasteiger partial charge in [0.15, 0.2) is 0 Å². The van der Waals surface area contributed by atoms with E-state index < -0.39 is 5.60 Å². The molecule has 2 heteroatoms. The van der Waals surface area contributed by atoms with Crippen LogP contribution in [-0.2, 0) is 5.60 Å². The molecule has 1 N–H and O–H groups in total. The van der Waals surface area contributed by atoms with Crippen molar-refractivity contribution >= 4 is 5.69 Å². The van der Waals surface area contributed by atoms with Crippen molar-refractivity contribution in [1.29, 1.82) is 0 Å². The summed E-state index contributed by atoms with van der Waals surface area (Å²) >= 11 is 0. The minimum Gasteiger partial charge on any atom is -0.385 e. The highest BCUT2D eigenvalue weighted by molar-refractivity contribution is 5.48. The molecule has 0 amide bonds. The van der Waals surface area contributed by atoms with Crippen molar-refractivity contribution < 1.29 is 5.11 Å². The van der Waals surface area contributed by atoms with Crippen molar-refractivity contribution in [2.24, 2.45) is 0 Å². The molecule has 0 saturated heterocycles. The predicted molar refractivity (Wildman–Crippen MR) is 65.2 cm³/mol. The van der Waals surface area contributed by atoms with E-state index in [2.05, 4.69) is 13.0 Å². The first-order valence-electron chi connectivity index (χ1n) is 5.47. The second-order valence-corrected chi connectivity index (χ2v) is 4.47. The summed E-state index contributed by atoms with van der Waals surface area (Å²) in [7, 11) is 4.02. The quantitative estimate of drug-likeness (QED) is 0.820. The summed E-state index contributed by atoms with van der Waals surface area (Å²) in [5.74, 6) is 0. The van der Waals surface area contributed by atoms with Crippen LogP contribution >= 0.6 is 0 Å². The summed E-state index contributed by atoms with van der Waals surface area (Å²) in [6, 6.07) is 8.08.